The lowest BCUT2D eigenvalue weighted by Gasteiger charge is -2.23. The second-order valence-corrected chi connectivity index (χ2v) is 9.89. The summed E-state index contributed by atoms with van der Waals surface area (Å²) in [6.07, 6.45) is -0.164. The Morgan fingerprint density at radius 3 is 2.35 bits per heavy atom. The third-order valence-electron chi connectivity index (χ3n) is 6.66. The summed E-state index contributed by atoms with van der Waals surface area (Å²) in [6.45, 7) is 12.7. The van der Waals surface area contributed by atoms with Crippen molar-refractivity contribution < 1.29 is 14.3 Å². The molecule has 0 saturated carbocycles. The van der Waals surface area contributed by atoms with Crippen LogP contribution in [0.5, 0.6) is 5.75 Å². The number of ether oxygens (including phenoxy) is 2. The maximum absolute atomic E-state index is 12.8. The SMILES string of the molecule is CCOc1cccc([C@@H](C)NC(C)c2cc(-c3ccc(C)c(C(=O)OC(C)C)c3)c3ccccc3c2)c1. The normalized spacial score (nSPS) is 12.9. The molecule has 0 aliphatic heterocycles. The largest absolute Gasteiger partial charge is 0.494 e. The Balaban J connectivity index is 1.70. The van der Waals surface area contributed by atoms with Gasteiger partial charge in [-0.25, -0.2) is 4.79 Å². The minimum absolute atomic E-state index is 0.102. The lowest BCUT2D eigenvalue weighted by atomic mass is 9.91. The number of carbonyl (C=O) groups excluding carboxylic acids is 1. The van der Waals surface area contributed by atoms with Crippen molar-refractivity contribution in [2.75, 3.05) is 6.61 Å². The molecule has 4 aromatic carbocycles. The lowest BCUT2D eigenvalue weighted by Crippen LogP contribution is -2.22. The number of fused-ring (bicyclic) bond motifs is 1. The summed E-state index contributed by atoms with van der Waals surface area (Å²) in [5, 5.41) is 6.08. The van der Waals surface area contributed by atoms with Crippen LogP contribution in [0.15, 0.2) is 78.9 Å². The summed E-state index contributed by atoms with van der Waals surface area (Å²) < 4.78 is 11.2. The molecule has 0 saturated heterocycles. The third kappa shape index (κ3) is 6.20. The van der Waals surface area contributed by atoms with E-state index in [9.17, 15) is 4.79 Å². The molecule has 0 aromatic heterocycles. The van der Waals surface area contributed by atoms with E-state index in [0.29, 0.717) is 12.2 Å². The highest BCUT2D eigenvalue weighted by atomic mass is 16.5. The molecule has 0 radical (unpaired) electrons. The first-order valence-corrected chi connectivity index (χ1v) is 13.1. The Morgan fingerprint density at radius 1 is 0.838 bits per heavy atom. The number of nitrogens with one attached hydrogen (secondary N) is 1. The van der Waals surface area contributed by atoms with E-state index in [1.165, 1.54) is 16.5 Å². The standard InChI is InChI=1S/C33H37NO3/c1-7-36-29-13-10-12-25(18-29)23(5)34-24(6)28-17-26-11-8-9-14-30(26)32(20-28)27-16-15-22(4)31(19-27)33(35)37-21(2)3/h8-21,23-24,34H,7H2,1-6H3/t23-,24?/m1/s1. The quantitative estimate of drug-likeness (QED) is 0.238. The molecule has 0 aliphatic rings. The van der Waals surface area contributed by atoms with Gasteiger partial charge in [-0.1, -0.05) is 48.5 Å². The fourth-order valence-corrected chi connectivity index (χ4v) is 4.72. The molecule has 0 spiro atoms. The second-order valence-electron chi connectivity index (χ2n) is 9.89. The number of esters is 1. The molecular weight excluding hydrogens is 458 g/mol. The van der Waals surface area contributed by atoms with Crippen molar-refractivity contribution in [1.82, 2.24) is 5.32 Å². The van der Waals surface area contributed by atoms with Gasteiger partial charge < -0.3 is 14.8 Å². The molecule has 0 amide bonds. The van der Waals surface area contributed by atoms with Gasteiger partial charge in [0.05, 0.1) is 18.3 Å². The number of aryl methyl sites for hydroxylation is 1. The fourth-order valence-electron chi connectivity index (χ4n) is 4.72. The van der Waals surface area contributed by atoms with Gasteiger partial charge in [0, 0.05) is 12.1 Å². The average Bonchev–Trinajstić information content (AvgIpc) is 2.88. The van der Waals surface area contributed by atoms with Crippen LogP contribution >= 0.6 is 0 Å². The number of hydrogen-bond donors (Lipinski definition) is 1. The molecule has 192 valence electrons. The molecule has 1 N–H and O–H groups in total. The van der Waals surface area contributed by atoms with Gasteiger partial charge in [0.2, 0.25) is 0 Å². The molecule has 0 heterocycles. The first-order valence-electron chi connectivity index (χ1n) is 13.1. The molecule has 0 bridgehead atoms. The molecule has 4 heteroatoms. The van der Waals surface area contributed by atoms with Crippen molar-refractivity contribution in [3.05, 3.63) is 101 Å². The monoisotopic (exact) mass is 495 g/mol. The number of hydrogen-bond acceptors (Lipinski definition) is 4. The molecule has 1 unspecified atom stereocenters. The van der Waals surface area contributed by atoms with E-state index < -0.39 is 0 Å². The zero-order chi connectivity index (χ0) is 26.5. The summed E-state index contributed by atoms with van der Waals surface area (Å²) >= 11 is 0. The Hall–Kier alpha value is -3.63. The summed E-state index contributed by atoms with van der Waals surface area (Å²) in [5.74, 6) is 0.605. The zero-order valence-electron chi connectivity index (χ0n) is 22.7. The Bertz CT molecular complexity index is 1390. The molecule has 2 atom stereocenters. The van der Waals surface area contributed by atoms with Gasteiger partial charge in [0.25, 0.3) is 0 Å². The van der Waals surface area contributed by atoms with E-state index in [2.05, 4.69) is 73.8 Å². The number of rotatable bonds is 9. The van der Waals surface area contributed by atoms with Crippen molar-refractivity contribution in [3.63, 3.8) is 0 Å². The Kier molecular flexibility index (Phi) is 8.30. The number of carbonyl (C=O) groups is 1. The van der Waals surface area contributed by atoms with Gasteiger partial charge in [-0.15, -0.1) is 0 Å². The highest BCUT2D eigenvalue weighted by Gasteiger charge is 2.17. The van der Waals surface area contributed by atoms with Crippen molar-refractivity contribution in [3.8, 4) is 16.9 Å². The van der Waals surface area contributed by atoms with Crippen LogP contribution in [-0.4, -0.2) is 18.7 Å². The highest BCUT2D eigenvalue weighted by Crippen LogP contribution is 2.34. The predicted octanol–water partition coefficient (Wildman–Crippen LogP) is 8.19. The minimum atomic E-state index is -0.284. The molecule has 4 rings (SSSR count). The van der Waals surface area contributed by atoms with E-state index >= 15 is 0 Å². The molecule has 37 heavy (non-hydrogen) atoms. The first kappa shape index (κ1) is 26.4. The van der Waals surface area contributed by atoms with E-state index in [1.54, 1.807) is 0 Å². The highest BCUT2D eigenvalue weighted by molar-refractivity contribution is 5.99. The van der Waals surface area contributed by atoms with Gasteiger partial charge in [-0.3, -0.25) is 0 Å². The van der Waals surface area contributed by atoms with E-state index in [4.69, 9.17) is 9.47 Å². The summed E-state index contributed by atoms with van der Waals surface area (Å²) in [6, 6.07) is 27.5. The van der Waals surface area contributed by atoms with Crippen LogP contribution in [0, 0.1) is 6.92 Å². The van der Waals surface area contributed by atoms with Crippen molar-refractivity contribution in [2.24, 2.45) is 0 Å². The molecule has 0 fully saturated rings. The maximum Gasteiger partial charge on any atom is 0.338 e. The average molecular weight is 496 g/mol. The Morgan fingerprint density at radius 2 is 1.59 bits per heavy atom. The van der Waals surface area contributed by atoms with Crippen LogP contribution < -0.4 is 10.1 Å². The number of benzene rings is 4. The maximum atomic E-state index is 12.8. The zero-order valence-corrected chi connectivity index (χ0v) is 22.7. The van der Waals surface area contributed by atoms with Crippen LogP contribution in [0.1, 0.15) is 73.8 Å². The fraction of sp³-hybridized carbons (Fsp3) is 0.303. The van der Waals surface area contributed by atoms with Crippen LogP contribution in [0.3, 0.4) is 0 Å². The van der Waals surface area contributed by atoms with Crippen LogP contribution in [0.2, 0.25) is 0 Å². The topological polar surface area (TPSA) is 47.6 Å². The van der Waals surface area contributed by atoms with Crippen molar-refractivity contribution in [2.45, 2.75) is 59.7 Å². The van der Waals surface area contributed by atoms with Gasteiger partial charge in [0.1, 0.15) is 5.75 Å². The molecule has 0 aliphatic carbocycles. The van der Waals surface area contributed by atoms with Gasteiger partial charge >= 0.3 is 5.97 Å². The lowest BCUT2D eigenvalue weighted by molar-refractivity contribution is 0.0377. The van der Waals surface area contributed by atoms with Crippen LogP contribution in [-0.2, 0) is 4.74 Å². The van der Waals surface area contributed by atoms with E-state index in [0.717, 1.165) is 27.8 Å². The third-order valence-corrected chi connectivity index (χ3v) is 6.66. The van der Waals surface area contributed by atoms with Crippen molar-refractivity contribution in [1.29, 1.82) is 0 Å². The predicted molar refractivity (Wildman–Crippen MR) is 152 cm³/mol. The first-order chi connectivity index (χ1) is 17.8. The van der Waals surface area contributed by atoms with Crippen molar-refractivity contribution >= 4 is 16.7 Å². The smallest absolute Gasteiger partial charge is 0.338 e. The van der Waals surface area contributed by atoms with Crippen LogP contribution in [0.25, 0.3) is 21.9 Å². The second kappa shape index (κ2) is 11.6. The molecule has 4 aromatic rings. The summed E-state index contributed by atoms with van der Waals surface area (Å²) in [7, 11) is 0. The van der Waals surface area contributed by atoms with Crippen LogP contribution in [0.4, 0.5) is 0 Å². The summed E-state index contributed by atoms with van der Waals surface area (Å²) in [4.78, 5) is 12.8. The van der Waals surface area contributed by atoms with E-state index in [1.807, 2.05) is 52.0 Å². The summed E-state index contributed by atoms with van der Waals surface area (Å²) in [5.41, 5.74) is 6.00. The van der Waals surface area contributed by atoms with E-state index in [-0.39, 0.29) is 24.2 Å². The van der Waals surface area contributed by atoms with Gasteiger partial charge in [0.15, 0.2) is 0 Å². The Labute approximate surface area is 220 Å². The van der Waals surface area contributed by atoms with Gasteiger partial charge in [-0.05, 0) is 110 Å². The molecular formula is C33H37NO3. The minimum Gasteiger partial charge on any atom is -0.494 e. The molecule has 4 nitrogen and oxygen atoms in total. The van der Waals surface area contributed by atoms with Gasteiger partial charge in [-0.2, -0.15) is 0 Å².